The summed E-state index contributed by atoms with van der Waals surface area (Å²) in [4.78, 5) is 4.26. The standard InChI is InChI=1S/C20H29N3O3S/c1-6-26-18-11-13-19(14-12-18)27(24,25)21-15-20(23(4)5)16-7-9-17(10-8-16)22(2)3/h7-14,20-21H,6,15H2,1-5H3. The molecule has 2 aromatic carbocycles. The molecule has 7 heteroatoms. The maximum atomic E-state index is 12.6. The van der Waals surface area contributed by atoms with Crippen LogP contribution in [0.25, 0.3) is 0 Å². The molecule has 1 N–H and O–H groups in total. The van der Waals surface area contributed by atoms with Crippen molar-refractivity contribution in [3.8, 4) is 5.75 Å². The van der Waals surface area contributed by atoms with E-state index in [1.165, 1.54) is 0 Å². The molecule has 0 bridgehead atoms. The second-order valence-electron chi connectivity index (χ2n) is 6.72. The van der Waals surface area contributed by atoms with Crippen molar-refractivity contribution >= 4 is 15.7 Å². The Morgan fingerprint density at radius 2 is 1.56 bits per heavy atom. The number of benzene rings is 2. The monoisotopic (exact) mass is 391 g/mol. The van der Waals surface area contributed by atoms with Gasteiger partial charge in [0.2, 0.25) is 10.0 Å². The summed E-state index contributed by atoms with van der Waals surface area (Å²) in [7, 11) is 4.27. The maximum Gasteiger partial charge on any atom is 0.240 e. The molecule has 27 heavy (non-hydrogen) atoms. The lowest BCUT2D eigenvalue weighted by Gasteiger charge is -2.25. The fourth-order valence-electron chi connectivity index (χ4n) is 2.75. The van der Waals surface area contributed by atoms with Crippen molar-refractivity contribution in [3.63, 3.8) is 0 Å². The van der Waals surface area contributed by atoms with E-state index < -0.39 is 10.0 Å². The number of sulfonamides is 1. The number of likely N-dealkylation sites (N-methyl/N-ethyl adjacent to an activating group) is 1. The van der Waals surface area contributed by atoms with Crippen LogP contribution in [0, 0.1) is 0 Å². The number of nitrogens with zero attached hydrogens (tertiary/aromatic N) is 2. The van der Waals surface area contributed by atoms with Crippen molar-refractivity contribution in [1.29, 1.82) is 0 Å². The third kappa shape index (κ3) is 5.69. The Hall–Kier alpha value is -2.09. The smallest absolute Gasteiger partial charge is 0.240 e. The lowest BCUT2D eigenvalue weighted by atomic mass is 10.1. The lowest BCUT2D eigenvalue weighted by molar-refractivity contribution is 0.299. The first-order valence-electron chi connectivity index (χ1n) is 8.91. The number of ether oxygens (including phenoxy) is 1. The summed E-state index contributed by atoms with van der Waals surface area (Å²) in [6.45, 7) is 2.71. The highest BCUT2D eigenvalue weighted by molar-refractivity contribution is 7.89. The van der Waals surface area contributed by atoms with Gasteiger partial charge in [-0.25, -0.2) is 13.1 Å². The summed E-state index contributed by atoms with van der Waals surface area (Å²) in [5.74, 6) is 0.656. The van der Waals surface area contributed by atoms with Crippen LogP contribution in [0.2, 0.25) is 0 Å². The van der Waals surface area contributed by atoms with E-state index >= 15 is 0 Å². The Morgan fingerprint density at radius 3 is 2.04 bits per heavy atom. The van der Waals surface area contributed by atoms with E-state index in [1.807, 2.05) is 69.2 Å². The van der Waals surface area contributed by atoms with Crippen molar-refractivity contribution in [1.82, 2.24) is 9.62 Å². The fraction of sp³-hybridized carbons (Fsp3) is 0.400. The van der Waals surface area contributed by atoms with Crippen molar-refractivity contribution in [3.05, 3.63) is 54.1 Å². The number of nitrogens with one attached hydrogen (secondary N) is 1. The summed E-state index contributed by atoms with van der Waals surface area (Å²) < 4.78 is 33.3. The first kappa shape index (κ1) is 21.2. The molecule has 0 aliphatic rings. The van der Waals surface area contributed by atoms with E-state index in [0.717, 1.165) is 11.3 Å². The van der Waals surface area contributed by atoms with Crippen LogP contribution in [0.5, 0.6) is 5.75 Å². The fourth-order valence-corrected chi connectivity index (χ4v) is 3.79. The van der Waals surface area contributed by atoms with Gasteiger partial charge in [0.25, 0.3) is 0 Å². The minimum atomic E-state index is -3.59. The molecule has 0 aromatic heterocycles. The van der Waals surface area contributed by atoms with Crippen LogP contribution < -0.4 is 14.4 Å². The van der Waals surface area contributed by atoms with E-state index in [0.29, 0.717) is 12.4 Å². The molecular weight excluding hydrogens is 362 g/mol. The average Bonchev–Trinajstić information content (AvgIpc) is 2.62. The van der Waals surface area contributed by atoms with E-state index in [4.69, 9.17) is 4.74 Å². The third-order valence-corrected chi connectivity index (χ3v) is 5.77. The zero-order chi connectivity index (χ0) is 20.0. The molecule has 1 atom stereocenters. The maximum absolute atomic E-state index is 12.6. The highest BCUT2D eigenvalue weighted by Gasteiger charge is 2.20. The Morgan fingerprint density at radius 1 is 0.963 bits per heavy atom. The van der Waals surface area contributed by atoms with Crippen LogP contribution in [0.4, 0.5) is 5.69 Å². The van der Waals surface area contributed by atoms with E-state index in [2.05, 4.69) is 4.72 Å². The Kier molecular flexibility index (Phi) is 7.24. The van der Waals surface area contributed by atoms with E-state index in [-0.39, 0.29) is 17.5 Å². The number of rotatable bonds is 9. The molecule has 0 spiro atoms. The first-order valence-corrected chi connectivity index (χ1v) is 10.4. The zero-order valence-electron chi connectivity index (χ0n) is 16.6. The topological polar surface area (TPSA) is 61.9 Å². The number of anilines is 1. The van der Waals surface area contributed by atoms with Gasteiger partial charge >= 0.3 is 0 Å². The molecule has 0 radical (unpaired) electrons. The predicted octanol–water partition coefficient (Wildman–Crippen LogP) is 2.73. The molecule has 6 nitrogen and oxygen atoms in total. The molecule has 0 saturated carbocycles. The average molecular weight is 392 g/mol. The first-order chi connectivity index (χ1) is 12.7. The third-order valence-electron chi connectivity index (χ3n) is 4.33. The lowest BCUT2D eigenvalue weighted by Crippen LogP contribution is -2.34. The van der Waals surface area contributed by atoms with Crippen LogP contribution in [0.1, 0.15) is 18.5 Å². The van der Waals surface area contributed by atoms with Crippen molar-refractivity contribution < 1.29 is 13.2 Å². The molecule has 0 saturated heterocycles. The van der Waals surface area contributed by atoms with Crippen LogP contribution >= 0.6 is 0 Å². The SMILES string of the molecule is CCOc1ccc(S(=O)(=O)NCC(c2ccc(N(C)C)cc2)N(C)C)cc1. The molecule has 2 rings (SSSR count). The zero-order valence-corrected chi connectivity index (χ0v) is 17.5. The molecule has 0 fully saturated rings. The van der Waals surface area contributed by atoms with Gasteiger partial charge in [-0.2, -0.15) is 0 Å². The van der Waals surface area contributed by atoms with Crippen LogP contribution in [-0.2, 0) is 10.0 Å². The normalized spacial score (nSPS) is 12.8. The molecule has 0 aliphatic carbocycles. The minimum Gasteiger partial charge on any atom is -0.494 e. The van der Waals surface area contributed by atoms with Gasteiger partial charge in [0.1, 0.15) is 5.75 Å². The Bertz CT molecular complexity index is 817. The highest BCUT2D eigenvalue weighted by atomic mass is 32.2. The molecule has 1 unspecified atom stereocenters. The summed E-state index contributed by atoms with van der Waals surface area (Å²) in [5, 5.41) is 0. The van der Waals surface area contributed by atoms with Gasteiger partial charge < -0.3 is 14.5 Å². The van der Waals surface area contributed by atoms with Gasteiger partial charge in [0.05, 0.1) is 11.5 Å². The predicted molar refractivity (Wildman–Crippen MR) is 110 cm³/mol. The van der Waals surface area contributed by atoms with E-state index in [9.17, 15) is 8.42 Å². The molecule has 0 amide bonds. The number of hydrogen-bond donors (Lipinski definition) is 1. The van der Waals surface area contributed by atoms with Crippen LogP contribution in [-0.4, -0.2) is 54.7 Å². The van der Waals surface area contributed by atoms with E-state index in [1.54, 1.807) is 24.3 Å². The summed E-state index contributed by atoms with van der Waals surface area (Å²) in [5.41, 5.74) is 2.16. The molecule has 148 valence electrons. The molecule has 2 aromatic rings. The highest BCUT2D eigenvalue weighted by Crippen LogP contribution is 2.22. The minimum absolute atomic E-state index is 0.0707. The summed E-state index contributed by atoms with van der Waals surface area (Å²) in [6.07, 6.45) is 0. The van der Waals surface area contributed by atoms with Gasteiger partial charge in [-0.05, 0) is 63.0 Å². The van der Waals surface area contributed by atoms with Crippen LogP contribution in [0.15, 0.2) is 53.4 Å². The second-order valence-corrected chi connectivity index (χ2v) is 8.49. The van der Waals surface area contributed by atoms with Gasteiger partial charge in [0.15, 0.2) is 0 Å². The second kappa shape index (κ2) is 9.21. The van der Waals surface area contributed by atoms with Gasteiger partial charge in [-0.15, -0.1) is 0 Å². The van der Waals surface area contributed by atoms with Gasteiger partial charge in [-0.3, -0.25) is 0 Å². The number of hydrogen-bond acceptors (Lipinski definition) is 5. The van der Waals surface area contributed by atoms with Crippen molar-refractivity contribution in [2.75, 3.05) is 46.2 Å². The Balaban J connectivity index is 2.12. The van der Waals surface area contributed by atoms with Gasteiger partial charge in [0, 0.05) is 32.4 Å². The van der Waals surface area contributed by atoms with Gasteiger partial charge in [-0.1, -0.05) is 12.1 Å². The summed E-state index contributed by atoms with van der Waals surface area (Å²) in [6, 6.07) is 14.5. The van der Waals surface area contributed by atoms with Crippen molar-refractivity contribution in [2.45, 2.75) is 17.9 Å². The summed E-state index contributed by atoms with van der Waals surface area (Å²) >= 11 is 0. The molecule has 0 aliphatic heterocycles. The molecule has 0 heterocycles. The molecular formula is C20H29N3O3S. The van der Waals surface area contributed by atoms with Crippen LogP contribution in [0.3, 0.4) is 0 Å². The largest absolute Gasteiger partial charge is 0.494 e. The Labute approximate surface area is 162 Å². The van der Waals surface area contributed by atoms with Crippen molar-refractivity contribution in [2.24, 2.45) is 0 Å². The quantitative estimate of drug-likeness (QED) is 0.712.